The number of anilines is 1. The number of ether oxygens (including phenoxy) is 1. The van der Waals surface area contributed by atoms with Crippen molar-refractivity contribution in [1.82, 2.24) is 0 Å². The molecule has 0 saturated heterocycles. The van der Waals surface area contributed by atoms with Crippen molar-refractivity contribution in [2.75, 3.05) is 11.9 Å². The molecule has 2 rings (SSSR count). The fourth-order valence-electron chi connectivity index (χ4n) is 2.24. The first kappa shape index (κ1) is 16.8. The van der Waals surface area contributed by atoms with Crippen LogP contribution in [-0.4, -0.2) is 12.5 Å². The van der Waals surface area contributed by atoms with Crippen LogP contribution in [0.15, 0.2) is 60.7 Å². The summed E-state index contributed by atoms with van der Waals surface area (Å²) in [7, 11) is 0. The maximum Gasteiger partial charge on any atom is 0.255 e. The van der Waals surface area contributed by atoms with E-state index in [0.29, 0.717) is 23.8 Å². The van der Waals surface area contributed by atoms with Crippen LogP contribution in [0.5, 0.6) is 5.75 Å². The Morgan fingerprint density at radius 1 is 1.17 bits per heavy atom. The minimum Gasteiger partial charge on any atom is -0.489 e. The first-order chi connectivity index (χ1) is 11.0. The van der Waals surface area contributed by atoms with Crippen LogP contribution in [0.1, 0.15) is 42.6 Å². The molecule has 23 heavy (non-hydrogen) atoms. The molecule has 0 aliphatic rings. The second-order valence-electron chi connectivity index (χ2n) is 5.97. The van der Waals surface area contributed by atoms with Gasteiger partial charge in [-0.1, -0.05) is 44.7 Å². The Labute approximate surface area is 138 Å². The molecule has 3 nitrogen and oxygen atoms in total. The van der Waals surface area contributed by atoms with E-state index in [1.807, 2.05) is 43.3 Å². The molecular weight excluding hydrogens is 286 g/mol. The molecule has 3 heteroatoms. The van der Waals surface area contributed by atoms with Crippen molar-refractivity contribution in [3.8, 4) is 5.75 Å². The van der Waals surface area contributed by atoms with Crippen molar-refractivity contribution in [3.63, 3.8) is 0 Å². The fourth-order valence-corrected chi connectivity index (χ4v) is 2.24. The number of para-hydroxylation sites is 1. The van der Waals surface area contributed by atoms with Gasteiger partial charge in [0.2, 0.25) is 0 Å². The van der Waals surface area contributed by atoms with E-state index >= 15 is 0 Å². The normalized spacial score (nSPS) is 10.4. The Bertz CT molecular complexity index is 704. The monoisotopic (exact) mass is 309 g/mol. The Kier molecular flexibility index (Phi) is 5.58. The first-order valence-corrected chi connectivity index (χ1v) is 7.75. The van der Waals surface area contributed by atoms with Crippen LogP contribution in [-0.2, 0) is 0 Å². The molecule has 1 amide bonds. The molecular formula is C20H23NO2. The summed E-state index contributed by atoms with van der Waals surface area (Å²) in [6, 6.07) is 15.0. The van der Waals surface area contributed by atoms with Gasteiger partial charge in [0.1, 0.15) is 12.4 Å². The van der Waals surface area contributed by atoms with Gasteiger partial charge in [0.15, 0.2) is 0 Å². The van der Waals surface area contributed by atoms with Gasteiger partial charge in [-0.2, -0.15) is 0 Å². The zero-order valence-electron chi connectivity index (χ0n) is 13.9. The third-order valence-corrected chi connectivity index (χ3v) is 3.41. The molecule has 0 aliphatic heterocycles. The molecule has 0 aliphatic carbocycles. The summed E-state index contributed by atoms with van der Waals surface area (Å²) in [5, 5.41) is 2.99. The zero-order valence-corrected chi connectivity index (χ0v) is 13.9. The lowest BCUT2D eigenvalue weighted by molar-refractivity contribution is 0.102. The molecule has 0 heterocycles. The van der Waals surface area contributed by atoms with Gasteiger partial charge in [0, 0.05) is 11.3 Å². The van der Waals surface area contributed by atoms with Crippen molar-refractivity contribution in [3.05, 3.63) is 71.8 Å². The minimum atomic E-state index is -0.140. The highest BCUT2D eigenvalue weighted by Crippen LogP contribution is 2.24. The molecule has 0 bridgehead atoms. The van der Waals surface area contributed by atoms with Crippen LogP contribution in [0.2, 0.25) is 0 Å². The summed E-state index contributed by atoms with van der Waals surface area (Å²) < 4.78 is 5.59. The van der Waals surface area contributed by atoms with Crippen molar-refractivity contribution in [1.29, 1.82) is 0 Å². The number of benzene rings is 2. The quantitative estimate of drug-likeness (QED) is 0.761. The molecule has 0 saturated carbocycles. The third kappa shape index (κ3) is 4.71. The first-order valence-electron chi connectivity index (χ1n) is 7.75. The van der Waals surface area contributed by atoms with Gasteiger partial charge in [-0.3, -0.25) is 4.79 Å². The van der Waals surface area contributed by atoms with Crippen molar-refractivity contribution in [2.45, 2.75) is 26.7 Å². The number of rotatable bonds is 6. The number of nitrogens with one attached hydrogen (secondary N) is 1. The fraction of sp³-hybridized carbons (Fsp3) is 0.250. The average Bonchev–Trinajstić information content (AvgIpc) is 2.53. The van der Waals surface area contributed by atoms with Crippen LogP contribution >= 0.6 is 0 Å². The largest absolute Gasteiger partial charge is 0.489 e. The number of carbonyl (C=O) groups is 1. The molecule has 0 unspecified atom stereocenters. The molecule has 0 atom stereocenters. The van der Waals surface area contributed by atoms with E-state index in [2.05, 4.69) is 25.7 Å². The van der Waals surface area contributed by atoms with Gasteiger partial charge >= 0.3 is 0 Å². The molecule has 0 fully saturated rings. The predicted octanol–water partition coefficient (Wildman–Crippen LogP) is 5.02. The van der Waals surface area contributed by atoms with Gasteiger partial charge in [-0.15, -0.1) is 0 Å². The molecule has 2 aromatic rings. The highest BCUT2D eigenvalue weighted by molar-refractivity contribution is 6.04. The second-order valence-corrected chi connectivity index (χ2v) is 5.97. The Hall–Kier alpha value is -2.55. The van der Waals surface area contributed by atoms with Gasteiger partial charge in [-0.25, -0.2) is 0 Å². The average molecular weight is 309 g/mol. The van der Waals surface area contributed by atoms with E-state index in [4.69, 9.17) is 4.74 Å². The maximum absolute atomic E-state index is 12.5. The SMILES string of the molecule is C=C(C)COc1cccc(C(=O)Nc2ccccc2C(C)C)c1. The number of hydrogen-bond donors (Lipinski definition) is 1. The molecule has 120 valence electrons. The summed E-state index contributed by atoms with van der Waals surface area (Å²) in [6.07, 6.45) is 0. The Balaban J connectivity index is 2.15. The second kappa shape index (κ2) is 7.63. The predicted molar refractivity (Wildman–Crippen MR) is 95.2 cm³/mol. The van der Waals surface area contributed by atoms with Crippen LogP contribution in [0.3, 0.4) is 0 Å². The number of carbonyl (C=O) groups excluding carboxylic acids is 1. The molecule has 1 N–H and O–H groups in total. The van der Waals surface area contributed by atoms with Crippen molar-refractivity contribution < 1.29 is 9.53 Å². The van der Waals surface area contributed by atoms with Crippen LogP contribution < -0.4 is 10.1 Å². The lowest BCUT2D eigenvalue weighted by atomic mass is 10.0. The summed E-state index contributed by atoms with van der Waals surface area (Å²) in [5.41, 5.74) is 3.48. The van der Waals surface area contributed by atoms with Crippen molar-refractivity contribution >= 4 is 11.6 Å². The van der Waals surface area contributed by atoms with E-state index < -0.39 is 0 Å². The molecule has 0 spiro atoms. The van der Waals surface area contributed by atoms with Gasteiger partial charge < -0.3 is 10.1 Å². The number of hydrogen-bond acceptors (Lipinski definition) is 2. The van der Waals surface area contributed by atoms with Gasteiger partial charge in [-0.05, 0) is 48.2 Å². The highest BCUT2D eigenvalue weighted by atomic mass is 16.5. The maximum atomic E-state index is 12.5. The topological polar surface area (TPSA) is 38.3 Å². The zero-order chi connectivity index (χ0) is 16.8. The van der Waals surface area contributed by atoms with E-state index in [-0.39, 0.29) is 5.91 Å². The summed E-state index contributed by atoms with van der Waals surface area (Å²) in [5.74, 6) is 0.869. The smallest absolute Gasteiger partial charge is 0.255 e. The third-order valence-electron chi connectivity index (χ3n) is 3.41. The lowest BCUT2D eigenvalue weighted by Crippen LogP contribution is -2.13. The highest BCUT2D eigenvalue weighted by Gasteiger charge is 2.11. The molecule has 0 aromatic heterocycles. The Morgan fingerprint density at radius 2 is 1.91 bits per heavy atom. The summed E-state index contributed by atoms with van der Waals surface area (Å²) in [6.45, 7) is 10.4. The van der Waals surface area contributed by atoms with Crippen molar-refractivity contribution in [2.24, 2.45) is 0 Å². The van der Waals surface area contributed by atoms with Gasteiger partial charge in [0.25, 0.3) is 5.91 Å². The minimum absolute atomic E-state index is 0.140. The summed E-state index contributed by atoms with van der Waals surface area (Å²) >= 11 is 0. The Morgan fingerprint density at radius 3 is 2.61 bits per heavy atom. The summed E-state index contributed by atoms with van der Waals surface area (Å²) in [4.78, 5) is 12.5. The van der Waals surface area contributed by atoms with Crippen LogP contribution in [0, 0.1) is 0 Å². The van der Waals surface area contributed by atoms with E-state index in [0.717, 1.165) is 16.8 Å². The standard InChI is InChI=1S/C20H23NO2/c1-14(2)13-23-17-9-7-8-16(12-17)20(22)21-19-11-6-5-10-18(19)15(3)4/h5-12,15H,1,13H2,2-4H3,(H,21,22). The van der Waals surface area contributed by atoms with Crippen LogP contribution in [0.4, 0.5) is 5.69 Å². The van der Waals surface area contributed by atoms with Gasteiger partial charge in [0.05, 0.1) is 0 Å². The van der Waals surface area contributed by atoms with Crippen LogP contribution in [0.25, 0.3) is 0 Å². The van der Waals surface area contributed by atoms with E-state index in [1.54, 1.807) is 12.1 Å². The molecule has 2 aromatic carbocycles. The number of amides is 1. The lowest BCUT2D eigenvalue weighted by Gasteiger charge is -2.14. The molecule has 0 radical (unpaired) electrons. The van der Waals surface area contributed by atoms with E-state index in [1.165, 1.54) is 0 Å². The van der Waals surface area contributed by atoms with E-state index in [9.17, 15) is 4.79 Å².